The van der Waals surface area contributed by atoms with E-state index in [1.54, 1.807) is 36.9 Å². The maximum absolute atomic E-state index is 12.7. The molecule has 7 nitrogen and oxygen atoms in total. The minimum atomic E-state index is -0.415. The lowest BCUT2D eigenvalue weighted by molar-refractivity contribution is 0.0523. The number of thioether (sulfide) groups is 1. The second-order valence-corrected chi connectivity index (χ2v) is 10.3. The maximum atomic E-state index is 12.7. The van der Waals surface area contributed by atoms with Crippen LogP contribution in [0, 0.1) is 6.92 Å². The van der Waals surface area contributed by atoms with Crippen LogP contribution < -0.4 is 5.32 Å². The highest BCUT2D eigenvalue weighted by Crippen LogP contribution is 2.33. The summed E-state index contributed by atoms with van der Waals surface area (Å²) in [4.78, 5) is 31.1. The fourth-order valence-corrected chi connectivity index (χ4v) is 6.20. The van der Waals surface area contributed by atoms with Crippen LogP contribution in [0.5, 0.6) is 0 Å². The smallest absolute Gasteiger partial charge is 0.341 e. The topological polar surface area (TPSA) is 89.9 Å². The zero-order chi connectivity index (χ0) is 22.8. The fraction of sp³-hybridized carbons (Fsp3) is 0.174. The highest BCUT2D eigenvalue weighted by atomic mass is 32.2. The Bertz CT molecular complexity index is 1400. The highest BCUT2D eigenvalue weighted by molar-refractivity contribution is 8.00. The summed E-state index contributed by atoms with van der Waals surface area (Å²) in [5.41, 5.74) is 3.45. The first kappa shape index (κ1) is 21.7. The Kier molecular flexibility index (Phi) is 6.21. The van der Waals surface area contributed by atoms with Crippen molar-refractivity contribution in [3.63, 3.8) is 0 Å². The van der Waals surface area contributed by atoms with E-state index in [9.17, 15) is 4.79 Å². The molecule has 0 aliphatic rings. The molecule has 5 aromatic rings. The van der Waals surface area contributed by atoms with Gasteiger partial charge >= 0.3 is 5.97 Å². The lowest BCUT2D eigenvalue weighted by Gasteiger charge is -2.12. The lowest BCUT2D eigenvalue weighted by atomic mass is 10.2. The highest BCUT2D eigenvalue weighted by Gasteiger charge is 2.21. The van der Waals surface area contributed by atoms with Crippen LogP contribution in [0.1, 0.15) is 28.7 Å². The standard InChI is InChI=1S/C23H19N5O2S3/c1-3-30-20(29)19-13(2)24-21(28-22-26-14-8-4-6-10-17(14)32-22)25-16(19)12-31-23-27-15-9-5-7-11-18(15)33-23/h4-11H,3,12H2,1-2H3,(H,24,25,26,28). The molecule has 0 amide bonds. The first-order valence-electron chi connectivity index (χ1n) is 10.3. The third-order valence-corrected chi connectivity index (χ3v) is 7.91. The summed E-state index contributed by atoms with van der Waals surface area (Å²) < 4.78 is 8.40. The summed E-state index contributed by atoms with van der Waals surface area (Å²) in [6.07, 6.45) is 0. The number of carbonyl (C=O) groups is 1. The van der Waals surface area contributed by atoms with E-state index in [-0.39, 0.29) is 6.61 Å². The normalized spacial score (nSPS) is 11.2. The minimum Gasteiger partial charge on any atom is -0.462 e. The Balaban J connectivity index is 1.45. The van der Waals surface area contributed by atoms with E-state index < -0.39 is 5.97 Å². The number of para-hydroxylation sites is 2. The Hall–Kier alpha value is -3.08. The van der Waals surface area contributed by atoms with Crippen LogP contribution >= 0.6 is 34.4 Å². The van der Waals surface area contributed by atoms with Crippen molar-refractivity contribution in [2.75, 3.05) is 11.9 Å². The van der Waals surface area contributed by atoms with Gasteiger partial charge in [0.05, 0.1) is 38.4 Å². The average Bonchev–Trinajstić information content (AvgIpc) is 3.40. The molecule has 3 aromatic heterocycles. The molecule has 0 saturated carbocycles. The molecule has 5 rings (SSSR count). The lowest BCUT2D eigenvalue weighted by Crippen LogP contribution is -2.14. The molecule has 166 valence electrons. The predicted octanol–water partition coefficient (Wildman–Crippen LogP) is 6.22. The minimum absolute atomic E-state index is 0.286. The fourth-order valence-electron chi connectivity index (χ4n) is 3.33. The molecule has 0 fully saturated rings. The van der Waals surface area contributed by atoms with E-state index in [1.165, 1.54) is 11.3 Å². The van der Waals surface area contributed by atoms with E-state index in [2.05, 4.69) is 31.3 Å². The van der Waals surface area contributed by atoms with Gasteiger partial charge in [-0.2, -0.15) is 0 Å². The molecule has 3 heterocycles. The molecular formula is C23H19N5O2S3. The van der Waals surface area contributed by atoms with Crippen molar-refractivity contribution in [3.05, 3.63) is 65.5 Å². The predicted molar refractivity (Wildman–Crippen MR) is 135 cm³/mol. The van der Waals surface area contributed by atoms with Gasteiger partial charge in [-0.15, -0.1) is 11.3 Å². The molecule has 10 heteroatoms. The van der Waals surface area contributed by atoms with E-state index >= 15 is 0 Å². The molecule has 1 N–H and O–H groups in total. The summed E-state index contributed by atoms with van der Waals surface area (Å²) in [6, 6.07) is 15.9. The van der Waals surface area contributed by atoms with Crippen LogP contribution in [0.2, 0.25) is 0 Å². The number of ether oxygens (including phenoxy) is 1. The number of nitrogens with one attached hydrogen (secondary N) is 1. The van der Waals surface area contributed by atoms with Crippen LogP contribution in [0.25, 0.3) is 20.4 Å². The Morgan fingerprint density at radius 3 is 2.36 bits per heavy atom. The van der Waals surface area contributed by atoms with Gasteiger partial charge in [-0.3, -0.25) is 5.32 Å². The van der Waals surface area contributed by atoms with Gasteiger partial charge in [-0.25, -0.2) is 24.7 Å². The first-order valence-corrected chi connectivity index (χ1v) is 12.9. The van der Waals surface area contributed by atoms with Crippen molar-refractivity contribution >= 4 is 71.9 Å². The van der Waals surface area contributed by atoms with Crippen molar-refractivity contribution in [2.24, 2.45) is 0 Å². The Morgan fingerprint density at radius 1 is 0.970 bits per heavy atom. The first-order chi connectivity index (χ1) is 16.1. The Labute approximate surface area is 202 Å². The summed E-state index contributed by atoms with van der Waals surface area (Å²) >= 11 is 4.70. The Morgan fingerprint density at radius 2 is 1.67 bits per heavy atom. The van der Waals surface area contributed by atoms with Crippen LogP contribution in [0.3, 0.4) is 0 Å². The van der Waals surface area contributed by atoms with Gasteiger partial charge in [0.2, 0.25) is 5.95 Å². The molecule has 2 aromatic carbocycles. The number of esters is 1. The molecule has 0 saturated heterocycles. The van der Waals surface area contributed by atoms with Crippen LogP contribution in [0.4, 0.5) is 11.1 Å². The number of anilines is 2. The number of aromatic nitrogens is 4. The van der Waals surface area contributed by atoms with E-state index in [0.717, 1.165) is 24.8 Å². The zero-order valence-electron chi connectivity index (χ0n) is 17.9. The van der Waals surface area contributed by atoms with E-state index in [0.29, 0.717) is 33.8 Å². The molecule has 0 aliphatic heterocycles. The second kappa shape index (κ2) is 9.42. The maximum Gasteiger partial charge on any atom is 0.341 e. The molecule has 0 atom stereocenters. The SMILES string of the molecule is CCOC(=O)c1c(C)nc(Nc2nc3ccccc3s2)nc1CSc1nc2ccccc2s1. The van der Waals surface area contributed by atoms with Gasteiger partial charge in [-0.1, -0.05) is 47.4 Å². The van der Waals surface area contributed by atoms with Gasteiger partial charge in [-0.05, 0) is 38.1 Å². The number of hydrogen-bond donors (Lipinski definition) is 1. The van der Waals surface area contributed by atoms with Gasteiger partial charge in [0, 0.05) is 5.75 Å². The van der Waals surface area contributed by atoms with Gasteiger partial charge in [0.1, 0.15) is 5.56 Å². The summed E-state index contributed by atoms with van der Waals surface area (Å²) in [5, 5.41) is 3.90. The van der Waals surface area contributed by atoms with Crippen LogP contribution in [-0.2, 0) is 10.5 Å². The van der Waals surface area contributed by atoms with Gasteiger partial charge in [0.25, 0.3) is 0 Å². The number of rotatable bonds is 7. The van der Waals surface area contributed by atoms with Crippen molar-refractivity contribution in [2.45, 2.75) is 23.9 Å². The second-order valence-electron chi connectivity index (χ2n) is 7.02. The monoisotopic (exact) mass is 493 g/mol. The molecule has 0 radical (unpaired) electrons. The van der Waals surface area contributed by atoms with Gasteiger partial charge in [0.15, 0.2) is 9.47 Å². The number of benzene rings is 2. The summed E-state index contributed by atoms with van der Waals surface area (Å²) in [7, 11) is 0. The molecule has 0 unspecified atom stereocenters. The number of hydrogen-bond acceptors (Lipinski definition) is 10. The number of fused-ring (bicyclic) bond motifs is 2. The largest absolute Gasteiger partial charge is 0.462 e. The number of carbonyl (C=O) groups excluding carboxylic acids is 1. The quantitative estimate of drug-likeness (QED) is 0.211. The molecular weight excluding hydrogens is 474 g/mol. The van der Waals surface area contributed by atoms with Gasteiger partial charge < -0.3 is 4.74 Å². The molecule has 0 aliphatic carbocycles. The third-order valence-electron chi connectivity index (χ3n) is 4.76. The number of nitrogens with zero attached hydrogens (tertiary/aromatic N) is 4. The summed E-state index contributed by atoms with van der Waals surface area (Å²) in [6.45, 7) is 3.87. The average molecular weight is 494 g/mol. The molecule has 0 spiro atoms. The molecule has 0 bridgehead atoms. The van der Waals surface area contributed by atoms with Crippen LogP contribution in [0.15, 0.2) is 52.9 Å². The van der Waals surface area contributed by atoms with Crippen molar-refractivity contribution in [1.29, 1.82) is 0 Å². The third kappa shape index (κ3) is 4.68. The van der Waals surface area contributed by atoms with Crippen molar-refractivity contribution in [1.82, 2.24) is 19.9 Å². The van der Waals surface area contributed by atoms with Crippen molar-refractivity contribution in [3.8, 4) is 0 Å². The van der Waals surface area contributed by atoms with E-state index in [1.807, 2.05) is 42.5 Å². The van der Waals surface area contributed by atoms with E-state index in [4.69, 9.17) is 4.74 Å². The van der Waals surface area contributed by atoms with Crippen LogP contribution in [-0.4, -0.2) is 32.5 Å². The van der Waals surface area contributed by atoms with Crippen molar-refractivity contribution < 1.29 is 9.53 Å². The number of thiazole rings is 2. The summed E-state index contributed by atoms with van der Waals surface area (Å²) in [5.74, 6) is 0.451. The number of aryl methyl sites for hydroxylation is 1. The zero-order valence-corrected chi connectivity index (χ0v) is 20.3. The molecule has 33 heavy (non-hydrogen) atoms.